The van der Waals surface area contributed by atoms with Crippen LogP contribution in [0.1, 0.15) is 5.56 Å². The molecule has 1 aliphatic heterocycles. The lowest BCUT2D eigenvalue weighted by Crippen LogP contribution is -2.14. The summed E-state index contributed by atoms with van der Waals surface area (Å²) in [6.45, 7) is 0. The molecule has 5 heteroatoms. The minimum Gasteiger partial charge on any atom is -0.329 e. The molecule has 0 saturated heterocycles. The van der Waals surface area contributed by atoms with E-state index in [0.29, 0.717) is 16.4 Å². The van der Waals surface area contributed by atoms with Crippen molar-refractivity contribution >= 4 is 22.7 Å². The van der Waals surface area contributed by atoms with Crippen molar-refractivity contribution < 1.29 is 4.79 Å². The number of carbonyl (C=O) groups is 1. The molecule has 0 unspecified atom stereocenters. The molecule has 0 atom stereocenters. The Bertz CT molecular complexity index is 436. The highest BCUT2D eigenvalue weighted by Crippen LogP contribution is 2.16. The van der Waals surface area contributed by atoms with Gasteiger partial charge in [-0.25, -0.2) is 4.99 Å². The van der Waals surface area contributed by atoms with Crippen LogP contribution in [0.5, 0.6) is 0 Å². The number of H-pyrrole nitrogens is 1. The molecule has 2 rings (SSSR count). The first-order valence-corrected chi connectivity index (χ1v) is 4.68. The molecule has 1 aromatic heterocycles. The molecule has 4 nitrogen and oxygen atoms in total. The van der Waals surface area contributed by atoms with E-state index < -0.39 is 0 Å². The van der Waals surface area contributed by atoms with E-state index >= 15 is 0 Å². The van der Waals surface area contributed by atoms with Crippen LogP contribution in [0, 0.1) is 0 Å². The molecule has 1 amide bonds. The van der Waals surface area contributed by atoms with Gasteiger partial charge < -0.3 is 4.98 Å². The van der Waals surface area contributed by atoms with Gasteiger partial charge in [0.15, 0.2) is 0 Å². The summed E-state index contributed by atoms with van der Waals surface area (Å²) >= 11 is 1.30. The molecular formula is C8H6N2O2S. The quantitative estimate of drug-likeness (QED) is 0.703. The van der Waals surface area contributed by atoms with E-state index in [-0.39, 0.29) is 11.5 Å². The molecule has 13 heavy (non-hydrogen) atoms. The highest BCUT2D eigenvalue weighted by atomic mass is 32.2. The Balaban J connectivity index is 2.48. The summed E-state index contributed by atoms with van der Waals surface area (Å²) in [6.07, 6.45) is 1.55. The third-order valence-electron chi connectivity index (χ3n) is 1.61. The SMILES string of the molecule is O=C1CSC(c2ccc[nH]c2=O)=N1. The fourth-order valence-electron chi connectivity index (χ4n) is 1.04. The molecule has 0 bridgehead atoms. The Morgan fingerprint density at radius 1 is 1.46 bits per heavy atom. The summed E-state index contributed by atoms with van der Waals surface area (Å²) in [5.41, 5.74) is 0.266. The summed E-state index contributed by atoms with van der Waals surface area (Å²) in [6, 6.07) is 3.37. The number of nitrogens with zero attached hydrogens (tertiary/aromatic N) is 1. The van der Waals surface area contributed by atoms with Crippen LogP contribution >= 0.6 is 11.8 Å². The molecule has 0 saturated carbocycles. The lowest BCUT2D eigenvalue weighted by molar-refractivity contribution is -0.115. The molecule has 66 valence electrons. The monoisotopic (exact) mass is 194 g/mol. The molecule has 1 N–H and O–H groups in total. The minimum absolute atomic E-state index is 0.178. The second-order valence-electron chi connectivity index (χ2n) is 2.51. The van der Waals surface area contributed by atoms with Gasteiger partial charge in [0.05, 0.1) is 11.3 Å². The maximum Gasteiger partial charge on any atom is 0.257 e. The lowest BCUT2D eigenvalue weighted by atomic mass is 10.3. The van der Waals surface area contributed by atoms with Crippen molar-refractivity contribution in [2.45, 2.75) is 0 Å². The summed E-state index contributed by atoms with van der Waals surface area (Å²) in [4.78, 5) is 28.3. The van der Waals surface area contributed by atoms with Crippen molar-refractivity contribution in [2.75, 3.05) is 5.75 Å². The van der Waals surface area contributed by atoms with Crippen molar-refractivity contribution in [3.05, 3.63) is 34.2 Å². The van der Waals surface area contributed by atoms with Crippen LogP contribution in [-0.4, -0.2) is 21.7 Å². The summed E-state index contributed by atoms with van der Waals surface area (Å²) in [5.74, 6) is 0.159. The minimum atomic E-state index is -0.205. The number of pyridine rings is 1. The first-order chi connectivity index (χ1) is 6.27. The molecule has 0 fully saturated rings. The number of aromatic nitrogens is 1. The number of aromatic amines is 1. The Labute approximate surface area is 78.1 Å². The largest absolute Gasteiger partial charge is 0.329 e. The van der Waals surface area contributed by atoms with Gasteiger partial charge in [-0.2, -0.15) is 0 Å². The van der Waals surface area contributed by atoms with Crippen LogP contribution in [0.25, 0.3) is 0 Å². The van der Waals surface area contributed by atoms with E-state index in [9.17, 15) is 9.59 Å². The second kappa shape index (κ2) is 3.18. The molecule has 0 aliphatic carbocycles. The average molecular weight is 194 g/mol. The second-order valence-corrected chi connectivity index (χ2v) is 3.48. The normalized spacial score (nSPS) is 16.0. The number of aliphatic imine (C=N–C) groups is 1. The Morgan fingerprint density at radius 2 is 2.31 bits per heavy atom. The third-order valence-corrected chi connectivity index (χ3v) is 2.58. The van der Waals surface area contributed by atoms with Crippen molar-refractivity contribution in [3.63, 3.8) is 0 Å². The van der Waals surface area contributed by atoms with Crippen LogP contribution in [-0.2, 0) is 4.79 Å². The number of thioether (sulfide) groups is 1. The average Bonchev–Trinajstić information content (AvgIpc) is 2.53. The van der Waals surface area contributed by atoms with Gasteiger partial charge >= 0.3 is 0 Å². The predicted octanol–water partition coefficient (Wildman–Crippen LogP) is 0.395. The zero-order chi connectivity index (χ0) is 9.26. The number of rotatable bonds is 1. The van der Waals surface area contributed by atoms with E-state index in [1.165, 1.54) is 11.8 Å². The van der Waals surface area contributed by atoms with Crippen LogP contribution in [0.3, 0.4) is 0 Å². The number of hydrogen-bond donors (Lipinski definition) is 1. The molecule has 1 aliphatic rings. The van der Waals surface area contributed by atoms with E-state index in [4.69, 9.17) is 0 Å². The highest BCUT2D eigenvalue weighted by molar-refractivity contribution is 8.15. The fraction of sp³-hybridized carbons (Fsp3) is 0.125. The number of amides is 1. The summed E-state index contributed by atoms with van der Waals surface area (Å²) in [7, 11) is 0. The number of carbonyl (C=O) groups excluding carboxylic acids is 1. The zero-order valence-electron chi connectivity index (χ0n) is 6.61. The van der Waals surface area contributed by atoms with Gasteiger partial charge in [0.1, 0.15) is 5.04 Å². The van der Waals surface area contributed by atoms with Gasteiger partial charge in [-0.1, -0.05) is 11.8 Å². The van der Waals surface area contributed by atoms with E-state index in [1.54, 1.807) is 18.3 Å². The van der Waals surface area contributed by atoms with E-state index in [1.807, 2.05) is 0 Å². The number of hydrogen-bond acceptors (Lipinski definition) is 3. The first-order valence-electron chi connectivity index (χ1n) is 3.70. The molecule has 0 spiro atoms. The van der Waals surface area contributed by atoms with Crippen molar-refractivity contribution in [1.82, 2.24) is 4.98 Å². The van der Waals surface area contributed by atoms with Gasteiger partial charge in [0.2, 0.25) is 0 Å². The molecule has 2 heterocycles. The van der Waals surface area contributed by atoms with Gasteiger partial charge in [-0.3, -0.25) is 9.59 Å². The van der Waals surface area contributed by atoms with Crippen LogP contribution < -0.4 is 5.56 Å². The highest BCUT2D eigenvalue weighted by Gasteiger charge is 2.17. The maximum atomic E-state index is 11.3. The van der Waals surface area contributed by atoms with Crippen molar-refractivity contribution in [1.29, 1.82) is 0 Å². The van der Waals surface area contributed by atoms with Gasteiger partial charge in [0, 0.05) is 6.20 Å². The van der Waals surface area contributed by atoms with Crippen molar-refractivity contribution in [2.24, 2.45) is 4.99 Å². The molecule has 1 aromatic rings. The first kappa shape index (κ1) is 8.25. The number of nitrogens with one attached hydrogen (secondary N) is 1. The van der Waals surface area contributed by atoms with Gasteiger partial charge in [-0.05, 0) is 12.1 Å². The van der Waals surface area contributed by atoms with Crippen LogP contribution in [0.2, 0.25) is 0 Å². The van der Waals surface area contributed by atoms with Crippen LogP contribution in [0.15, 0.2) is 28.1 Å². The van der Waals surface area contributed by atoms with Gasteiger partial charge in [0.25, 0.3) is 11.5 Å². The maximum absolute atomic E-state index is 11.3. The van der Waals surface area contributed by atoms with E-state index in [0.717, 1.165) is 0 Å². The van der Waals surface area contributed by atoms with E-state index in [2.05, 4.69) is 9.98 Å². The third kappa shape index (κ3) is 1.55. The van der Waals surface area contributed by atoms with Crippen LogP contribution in [0.4, 0.5) is 0 Å². The summed E-state index contributed by atoms with van der Waals surface area (Å²) in [5, 5.41) is 0.520. The smallest absolute Gasteiger partial charge is 0.257 e. The molecule has 0 aromatic carbocycles. The fourth-order valence-corrected chi connectivity index (χ4v) is 1.84. The Kier molecular flexibility index (Phi) is 2.02. The van der Waals surface area contributed by atoms with Gasteiger partial charge in [-0.15, -0.1) is 0 Å². The predicted molar refractivity (Wildman–Crippen MR) is 51.1 cm³/mol. The Hall–Kier alpha value is -1.36. The lowest BCUT2D eigenvalue weighted by Gasteiger charge is -1.94. The summed E-state index contributed by atoms with van der Waals surface area (Å²) < 4.78 is 0. The Morgan fingerprint density at radius 3 is 2.92 bits per heavy atom. The molecule has 0 radical (unpaired) electrons. The standard InChI is InChI=1S/C8H6N2O2S/c11-6-4-13-8(10-6)5-2-1-3-9-7(5)12/h1-3H,4H2,(H,9,12). The topological polar surface area (TPSA) is 62.3 Å². The van der Waals surface area contributed by atoms with Crippen molar-refractivity contribution in [3.8, 4) is 0 Å². The zero-order valence-corrected chi connectivity index (χ0v) is 7.43. The molecular weight excluding hydrogens is 188 g/mol.